The first kappa shape index (κ1) is 24.4. The molecule has 3 aromatic heterocycles. The smallest absolute Gasteiger partial charge is 0.243 e. The Kier molecular flexibility index (Phi) is 6.50. The van der Waals surface area contributed by atoms with E-state index < -0.39 is 12.2 Å². The summed E-state index contributed by atoms with van der Waals surface area (Å²) in [5.41, 5.74) is 4.32. The summed E-state index contributed by atoms with van der Waals surface area (Å²) >= 11 is 0. The summed E-state index contributed by atoms with van der Waals surface area (Å²) in [7, 11) is 2.13. The molecule has 2 aliphatic heterocycles. The van der Waals surface area contributed by atoms with Gasteiger partial charge in [0.2, 0.25) is 11.9 Å². The van der Waals surface area contributed by atoms with Crippen molar-refractivity contribution in [2.24, 2.45) is 0 Å². The number of carbonyl (C=O) groups is 1. The molecule has 0 saturated carbocycles. The maximum Gasteiger partial charge on any atom is 0.243 e. The second-order valence-corrected chi connectivity index (χ2v) is 10.2. The maximum absolute atomic E-state index is 14.8. The number of aryl methyl sites for hydroxylation is 1. The summed E-state index contributed by atoms with van der Waals surface area (Å²) in [4.78, 5) is 30.2. The third-order valence-corrected chi connectivity index (χ3v) is 7.20. The van der Waals surface area contributed by atoms with Crippen LogP contribution >= 0.6 is 0 Å². The fourth-order valence-electron chi connectivity index (χ4n) is 5.10. The molecule has 0 aromatic carbocycles. The van der Waals surface area contributed by atoms with Crippen LogP contribution in [-0.2, 0) is 11.2 Å². The standard InChI is InChI=1S/C25H34FN9O/c1-6-22(36)28-21-13-33(12-19(21)26)25-29-20(23-24(30-25)34(14-27-23)15(2)3)9-17-10-35(31-16(17)4)18-7-8-32(5)11-18/h6,10,14-15,18-19,21H,1,7-9,11-13H2,2-5H3,(H,28,36)/t18?,19-,21-/m1/s1. The first-order valence-electron chi connectivity index (χ1n) is 12.5. The van der Waals surface area contributed by atoms with Crippen LogP contribution in [-0.4, -0.2) is 85.5 Å². The van der Waals surface area contributed by atoms with E-state index >= 15 is 0 Å². The molecule has 1 N–H and O–H groups in total. The van der Waals surface area contributed by atoms with E-state index in [-0.39, 0.29) is 25.0 Å². The van der Waals surface area contributed by atoms with Gasteiger partial charge in [0.15, 0.2) is 5.65 Å². The van der Waals surface area contributed by atoms with Crippen LogP contribution in [0.5, 0.6) is 0 Å². The van der Waals surface area contributed by atoms with Crippen molar-refractivity contribution in [2.45, 2.75) is 57.9 Å². The number of hydrogen-bond donors (Lipinski definition) is 1. The van der Waals surface area contributed by atoms with E-state index in [4.69, 9.17) is 15.1 Å². The lowest BCUT2D eigenvalue weighted by molar-refractivity contribution is -0.117. The minimum Gasteiger partial charge on any atom is -0.345 e. The van der Waals surface area contributed by atoms with Crippen LogP contribution in [0.4, 0.5) is 10.3 Å². The fraction of sp³-hybridized carbons (Fsp3) is 0.560. The Morgan fingerprint density at radius 1 is 1.31 bits per heavy atom. The number of aromatic nitrogens is 6. The van der Waals surface area contributed by atoms with Gasteiger partial charge in [-0.1, -0.05) is 6.58 Å². The second-order valence-electron chi connectivity index (χ2n) is 10.2. The average Bonchev–Trinajstić information content (AvgIpc) is 3.61. The van der Waals surface area contributed by atoms with Crippen LogP contribution in [0.1, 0.15) is 49.3 Å². The molecule has 2 saturated heterocycles. The summed E-state index contributed by atoms with van der Waals surface area (Å²) in [5.74, 6) is 0.0563. The molecule has 0 spiro atoms. The highest BCUT2D eigenvalue weighted by molar-refractivity contribution is 5.87. The second kappa shape index (κ2) is 9.61. The number of likely N-dealkylation sites (N-methyl/N-ethyl adjacent to an activating group) is 1. The highest BCUT2D eigenvalue weighted by atomic mass is 19.1. The molecular weight excluding hydrogens is 461 g/mol. The van der Waals surface area contributed by atoms with Crippen LogP contribution in [0.3, 0.4) is 0 Å². The number of anilines is 1. The fourth-order valence-corrected chi connectivity index (χ4v) is 5.10. The molecule has 2 aliphatic rings. The Bertz CT molecular complexity index is 1280. The number of amides is 1. The molecule has 11 heteroatoms. The maximum atomic E-state index is 14.8. The number of nitrogens with zero attached hydrogens (tertiary/aromatic N) is 8. The van der Waals surface area contributed by atoms with E-state index in [0.29, 0.717) is 18.4 Å². The van der Waals surface area contributed by atoms with Crippen molar-refractivity contribution in [2.75, 3.05) is 38.1 Å². The van der Waals surface area contributed by atoms with Crippen molar-refractivity contribution < 1.29 is 9.18 Å². The van der Waals surface area contributed by atoms with Gasteiger partial charge in [-0.25, -0.2) is 14.4 Å². The summed E-state index contributed by atoms with van der Waals surface area (Å²) in [5, 5.41) is 7.48. The quantitative estimate of drug-likeness (QED) is 0.502. The van der Waals surface area contributed by atoms with Crippen molar-refractivity contribution in [3.63, 3.8) is 0 Å². The minimum atomic E-state index is -1.23. The number of imidazole rings is 1. The Morgan fingerprint density at radius 3 is 2.81 bits per heavy atom. The van der Waals surface area contributed by atoms with Crippen molar-refractivity contribution in [1.29, 1.82) is 0 Å². The van der Waals surface area contributed by atoms with Crippen molar-refractivity contribution in [1.82, 2.24) is 39.5 Å². The third-order valence-electron chi connectivity index (χ3n) is 7.20. The lowest BCUT2D eigenvalue weighted by Crippen LogP contribution is -2.40. The van der Waals surface area contributed by atoms with Crippen LogP contribution in [0.15, 0.2) is 25.2 Å². The number of fused-ring (bicyclic) bond motifs is 1. The molecule has 2 fully saturated rings. The number of hydrogen-bond acceptors (Lipinski definition) is 7. The molecule has 1 amide bonds. The van der Waals surface area contributed by atoms with Gasteiger partial charge in [0, 0.05) is 31.7 Å². The van der Waals surface area contributed by atoms with Gasteiger partial charge in [-0.3, -0.25) is 9.48 Å². The lowest BCUT2D eigenvalue weighted by Gasteiger charge is -2.18. The first-order valence-corrected chi connectivity index (χ1v) is 12.5. The molecule has 0 radical (unpaired) electrons. The lowest BCUT2D eigenvalue weighted by atomic mass is 10.1. The van der Waals surface area contributed by atoms with Crippen molar-refractivity contribution >= 4 is 23.0 Å². The van der Waals surface area contributed by atoms with Gasteiger partial charge >= 0.3 is 0 Å². The van der Waals surface area contributed by atoms with Gasteiger partial charge in [0.25, 0.3) is 0 Å². The Labute approximate surface area is 210 Å². The molecule has 5 rings (SSSR count). The molecule has 10 nitrogen and oxygen atoms in total. The molecule has 0 bridgehead atoms. The van der Waals surface area contributed by atoms with E-state index in [9.17, 15) is 9.18 Å². The Hall–Kier alpha value is -3.34. The molecule has 3 aromatic rings. The summed E-state index contributed by atoms with van der Waals surface area (Å²) < 4.78 is 18.9. The predicted octanol–water partition coefficient (Wildman–Crippen LogP) is 2.21. The number of alkyl halides is 1. The van der Waals surface area contributed by atoms with Crippen LogP contribution < -0.4 is 10.2 Å². The number of rotatable bonds is 7. The largest absolute Gasteiger partial charge is 0.345 e. The van der Waals surface area contributed by atoms with Crippen LogP contribution in [0.25, 0.3) is 11.2 Å². The van der Waals surface area contributed by atoms with E-state index in [1.54, 1.807) is 11.2 Å². The highest BCUT2D eigenvalue weighted by Crippen LogP contribution is 2.28. The topological polar surface area (TPSA) is 97.0 Å². The van der Waals surface area contributed by atoms with E-state index in [1.807, 2.05) is 11.5 Å². The third kappa shape index (κ3) is 4.59. The van der Waals surface area contributed by atoms with Crippen molar-refractivity contribution in [3.05, 3.63) is 42.1 Å². The molecule has 5 heterocycles. The van der Waals surface area contributed by atoms with Gasteiger partial charge < -0.3 is 19.7 Å². The van der Waals surface area contributed by atoms with Gasteiger partial charge in [0.05, 0.1) is 36.3 Å². The van der Waals surface area contributed by atoms with Crippen LogP contribution in [0.2, 0.25) is 0 Å². The molecule has 192 valence electrons. The Balaban J connectivity index is 1.48. The highest BCUT2D eigenvalue weighted by Gasteiger charge is 2.35. The van der Waals surface area contributed by atoms with Gasteiger partial charge in [-0.2, -0.15) is 10.1 Å². The SMILES string of the molecule is C=CC(=O)N[C@@H]1CN(c2nc(Cc3cn(C4CCN(C)C4)nc3C)c3ncn(C(C)C)c3n2)C[C@H]1F. The zero-order valence-electron chi connectivity index (χ0n) is 21.4. The Morgan fingerprint density at radius 2 is 2.11 bits per heavy atom. The minimum absolute atomic E-state index is 0.106. The van der Waals surface area contributed by atoms with E-state index in [2.05, 4.69) is 53.6 Å². The zero-order valence-corrected chi connectivity index (χ0v) is 21.4. The van der Waals surface area contributed by atoms with Crippen molar-refractivity contribution in [3.8, 4) is 0 Å². The number of likely N-dealkylation sites (tertiary alicyclic amines) is 1. The first-order chi connectivity index (χ1) is 17.2. The average molecular weight is 496 g/mol. The number of carbonyl (C=O) groups excluding carboxylic acids is 1. The van der Waals surface area contributed by atoms with E-state index in [0.717, 1.165) is 53.7 Å². The molecule has 3 atom stereocenters. The van der Waals surface area contributed by atoms with Crippen LogP contribution in [0, 0.1) is 6.92 Å². The molecule has 0 aliphatic carbocycles. The summed E-state index contributed by atoms with van der Waals surface area (Å²) in [6.45, 7) is 12.1. The zero-order chi connectivity index (χ0) is 25.6. The van der Waals surface area contributed by atoms with Gasteiger partial charge in [-0.05, 0) is 52.4 Å². The summed E-state index contributed by atoms with van der Waals surface area (Å²) in [6, 6.07) is -0.114. The monoisotopic (exact) mass is 495 g/mol. The van der Waals surface area contributed by atoms with Gasteiger partial charge in [-0.15, -0.1) is 0 Å². The molecular formula is C25H34FN9O. The van der Waals surface area contributed by atoms with E-state index in [1.165, 1.54) is 0 Å². The summed E-state index contributed by atoms with van der Waals surface area (Å²) in [6.07, 6.45) is 5.48. The normalized spacial score (nSPS) is 22.7. The predicted molar refractivity (Wildman–Crippen MR) is 136 cm³/mol. The number of halogens is 1. The number of nitrogens with one attached hydrogen (secondary N) is 1. The van der Waals surface area contributed by atoms with Gasteiger partial charge in [0.1, 0.15) is 11.7 Å². The molecule has 36 heavy (non-hydrogen) atoms. The molecule has 1 unspecified atom stereocenters.